The van der Waals surface area contributed by atoms with E-state index in [4.69, 9.17) is 0 Å². The van der Waals surface area contributed by atoms with Gasteiger partial charge in [-0.15, -0.1) is 6.58 Å². The van der Waals surface area contributed by atoms with Crippen LogP contribution in [0.5, 0.6) is 0 Å². The Kier molecular flexibility index (Phi) is 4.32. The van der Waals surface area contributed by atoms with Crippen LogP contribution in [-0.4, -0.2) is 56.5 Å². The van der Waals surface area contributed by atoms with E-state index >= 15 is 0 Å². The zero-order chi connectivity index (χ0) is 13.2. The number of amides is 1. The highest BCUT2D eigenvalue weighted by molar-refractivity contribution is 7.88. The van der Waals surface area contributed by atoms with Crippen molar-refractivity contribution < 1.29 is 13.2 Å². The van der Waals surface area contributed by atoms with Crippen LogP contribution in [0.25, 0.3) is 0 Å². The van der Waals surface area contributed by atoms with E-state index in [0.29, 0.717) is 19.6 Å². The minimum atomic E-state index is -3.16. The third kappa shape index (κ3) is 3.54. The molecule has 0 aliphatic carbocycles. The van der Waals surface area contributed by atoms with E-state index in [1.807, 2.05) is 6.08 Å². The predicted molar refractivity (Wildman–Crippen MR) is 66.9 cm³/mol. The molecule has 5 nitrogen and oxygen atoms in total. The fourth-order valence-electron chi connectivity index (χ4n) is 2.08. The van der Waals surface area contributed by atoms with E-state index in [0.717, 1.165) is 0 Å². The summed E-state index contributed by atoms with van der Waals surface area (Å²) in [7, 11) is -1.60. The summed E-state index contributed by atoms with van der Waals surface area (Å²) < 4.78 is 24.0. The Hall–Kier alpha value is -0.880. The van der Waals surface area contributed by atoms with Gasteiger partial charge in [-0.2, -0.15) is 0 Å². The third-order valence-electron chi connectivity index (χ3n) is 3.30. The minimum absolute atomic E-state index is 0.0290. The first-order valence-corrected chi connectivity index (χ1v) is 7.40. The van der Waals surface area contributed by atoms with E-state index < -0.39 is 10.0 Å². The summed E-state index contributed by atoms with van der Waals surface area (Å²) in [6.45, 7) is 6.95. The zero-order valence-electron chi connectivity index (χ0n) is 10.6. The van der Waals surface area contributed by atoms with E-state index in [1.165, 1.54) is 17.5 Å². The van der Waals surface area contributed by atoms with Crippen LogP contribution in [0.15, 0.2) is 12.7 Å². The van der Waals surface area contributed by atoms with Crippen molar-refractivity contribution in [3.05, 3.63) is 12.7 Å². The molecular formula is C11H20N2O3S. The lowest BCUT2D eigenvalue weighted by Crippen LogP contribution is -2.34. The van der Waals surface area contributed by atoms with Gasteiger partial charge >= 0.3 is 0 Å². The molecule has 1 heterocycles. The molecule has 6 heteroatoms. The molecule has 0 spiro atoms. The van der Waals surface area contributed by atoms with Gasteiger partial charge in [-0.3, -0.25) is 4.79 Å². The van der Waals surface area contributed by atoms with Gasteiger partial charge in [0.25, 0.3) is 0 Å². The van der Waals surface area contributed by atoms with Crippen LogP contribution in [0.1, 0.15) is 6.92 Å². The zero-order valence-corrected chi connectivity index (χ0v) is 11.4. The second-order valence-electron chi connectivity index (χ2n) is 4.63. The summed E-state index contributed by atoms with van der Waals surface area (Å²) in [6, 6.07) is 0. The SMILES string of the molecule is C=C[C@H]1CN(C(C)=O)C[C@H]1CN(C)S(C)(=O)=O. The molecule has 0 N–H and O–H groups in total. The van der Waals surface area contributed by atoms with E-state index in [2.05, 4.69) is 6.58 Å². The van der Waals surface area contributed by atoms with Gasteiger partial charge in [-0.05, 0) is 11.8 Å². The maximum Gasteiger partial charge on any atom is 0.219 e. The third-order valence-corrected chi connectivity index (χ3v) is 4.58. The van der Waals surface area contributed by atoms with Gasteiger partial charge in [0.2, 0.25) is 15.9 Å². The van der Waals surface area contributed by atoms with Crippen molar-refractivity contribution in [2.45, 2.75) is 6.92 Å². The van der Waals surface area contributed by atoms with Crippen LogP contribution in [0, 0.1) is 11.8 Å². The van der Waals surface area contributed by atoms with Crippen LogP contribution in [-0.2, 0) is 14.8 Å². The lowest BCUT2D eigenvalue weighted by atomic mass is 9.96. The number of carbonyl (C=O) groups is 1. The Balaban J connectivity index is 2.71. The van der Waals surface area contributed by atoms with Crippen molar-refractivity contribution in [2.24, 2.45) is 11.8 Å². The first-order chi connectivity index (χ1) is 7.75. The van der Waals surface area contributed by atoms with Crippen molar-refractivity contribution >= 4 is 15.9 Å². The normalized spacial score (nSPS) is 25.3. The highest BCUT2D eigenvalue weighted by Crippen LogP contribution is 2.25. The fraction of sp³-hybridized carbons (Fsp3) is 0.727. The molecule has 0 unspecified atom stereocenters. The molecule has 1 aliphatic rings. The predicted octanol–water partition coefficient (Wildman–Crippen LogP) is 0.158. The molecule has 0 saturated carbocycles. The van der Waals surface area contributed by atoms with Gasteiger partial charge in [0.1, 0.15) is 0 Å². The monoisotopic (exact) mass is 260 g/mol. The molecule has 1 amide bonds. The van der Waals surface area contributed by atoms with E-state index in [9.17, 15) is 13.2 Å². The van der Waals surface area contributed by atoms with Gasteiger partial charge < -0.3 is 4.90 Å². The number of sulfonamides is 1. The van der Waals surface area contributed by atoms with E-state index in [-0.39, 0.29) is 17.7 Å². The summed E-state index contributed by atoms with van der Waals surface area (Å²) in [5, 5.41) is 0. The molecule has 1 saturated heterocycles. The number of rotatable bonds is 4. The largest absolute Gasteiger partial charge is 0.342 e. The Morgan fingerprint density at radius 2 is 2.12 bits per heavy atom. The smallest absolute Gasteiger partial charge is 0.219 e. The Bertz CT molecular complexity index is 405. The molecule has 1 fully saturated rings. The standard InChI is InChI=1S/C11H20N2O3S/c1-5-10-7-13(9(2)14)8-11(10)6-12(3)17(4,15)16/h5,10-11H,1,6-8H2,2-4H3/t10-,11+/m0/s1. The average Bonchev–Trinajstić information content (AvgIpc) is 2.59. The number of likely N-dealkylation sites (tertiary alicyclic amines) is 1. The van der Waals surface area contributed by atoms with Gasteiger partial charge in [0, 0.05) is 33.6 Å². The lowest BCUT2D eigenvalue weighted by Gasteiger charge is -2.21. The molecule has 1 aliphatic heterocycles. The number of hydrogen-bond acceptors (Lipinski definition) is 3. The fourth-order valence-corrected chi connectivity index (χ4v) is 2.54. The van der Waals surface area contributed by atoms with E-state index in [1.54, 1.807) is 11.9 Å². The lowest BCUT2D eigenvalue weighted by molar-refractivity contribution is -0.128. The molecule has 2 atom stereocenters. The number of nitrogens with zero attached hydrogens (tertiary/aromatic N) is 2. The van der Waals surface area contributed by atoms with Crippen LogP contribution in [0.4, 0.5) is 0 Å². The summed E-state index contributed by atoms with van der Waals surface area (Å²) >= 11 is 0. The quantitative estimate of drug-likeness (QED) is 0.677. The van der Waals surface area contributed by atoms with Gasteiger partial charge in [0.15, 0.2) is 0 Å². The van der Waals surface area contributed by atoms with Crippen LogP contribution < -0.4 is 0 Å². The van der Waals surface area contributed by atoms with Gasteiger partial charge in [0.05, 0.1) is 6.26 Å². The highest BCUT2D eigenvalue weighted by atomic mass is 32.2. The second-order valence-corrected chi connectivity index (χ2v) is 6.72. The first-order valence-electron chi connectivity index (χ1n) is 5.55. The Labute approximate surface area is 103 Å². The first kappa shape index (κ1) is 14.2. The molecular weight excluding hydrogens is 240 g/mol. The average molecular weight is 260 g/mol. The molecule has 0 aromatic carbocycles. The Morgan fingerprint density at radius 1 is 1.53 bits per heavy atom. The Morgan fingerprint density at radius 3 is 2.53 bits per heavy atom. The summed E-state index contributed by atoms with van der Waals surface area (Å²) in [5.74, 6) is 0.334. The molecule has 0 aromatic rings. The summed E-state index contributed by atoms with van der Waals surface area (Å²) in [6.07, 6.45) is 3.00. The molecule has 0 aromatic heterocycles. The number of hydrogen-bond donors (Lipinski definition) is 0. The van der Waals surface area contributed by atoms with Crippen LogP contribution in [0.3, 0.4) is 0 Å². The molecule has 0 bridgehead atoms. The number of carbonyl (C=O) groups excluding carboxylic acids is 1. The summed E-state index contributed by atoms with van der Waals surface area (Å²) in [4.78, 5) is 13.0. The van der Waals surface area contributed by atoms with Crippen LogP contribution in [0.2, 0.25) is 0 Å². The van der Waals surface area contributed by atoms with Crippen molar-refractivity contribution in [3.63, 3.8) is 0 Å². The maximum absolute atomic E-state index is 11.3. The molecule has 1 rings (SSSR count). The van der Waals surface area contributed by atoms with Gasteiger partial charge in [-0.1, -0.05) is 6.08 Å². The van der Waals surface area contributed by atoms with Gasteiger partial charge in [-0.25, -0.2) is 12.7 Å². The van der Waals surface area contributed by atoms with Crippen molar-refractivity contribution in [1.29, 1.82) is 0 Å². The second kappa shape index (κ2) is 5.18. The maximum atomic E-state index is 11.3. The minimum Gasteiger partial charge on any atom is -0.342 e. The van der Waals surface area contributed by atoms with Crippen LogP contribution >= 0.6 is 0 Å². The van der Waals surface area contributed by atoms with Crippen molar-refractivity contribution in [3.8, 4) is 0 Å². The summed E-state index contributed by atoms with van der Waals surface area (Å²) in [5.41, 5.74) is 0. The molecule has 98 valence electrons. The molecule has 0 radical (unpaired) electrons. The topological polar surface area (TPSA) is 57.7 Å². The van der Waals surface area contributed by atoms with Crippen molar-refractivity contribution in [1.82, 2.24) is 9.21 Å². The van der Waals surface area contributed by atoms with Crippen molar-refractivity contribution in [2.75, 3.05) is 32.9 Å². The highest BCUT2D eigenvalue weighted by Gasteiger charge is 2.33. The molecule has 17 heavy (non-hydrogen) atoms.